The van der Waals surface area contributed by atoms with Crippen LogP contribution in [0.15, 0.2) is 18.7 Å². The molecule has 0 aromatic carbocycles. The van der Waals surface area contributed by atoms with Crippen molar-refractivity contribution in [3.8, 4) is 0 Å². The summed E-state index contributed by atoms with van der Waals surface area (Å²) in [5, 5.41) is 1.02. The molecule has 12 heavy (non-hydrogen) atoms. The molecule has 0 saturated carbocycles. The summed E-state index contributed by atoms with van der Waals surface area (Å²) >= 11 is 0. The Morgan fingerprint density at radius 1 is 1.50 bits per heavy atom. The van der Waals surface area contributed by atoms with E-state index in [4.69, 9.17) is 0 Å². The van der Waals surface area contributed by atoms with Crippen LogP contribution < -0.4 is 0 Å². The smallest absolute Gasteiger partial charge is 0.115 e. The van der Waals surface area contributed by atoms with E-state index in [-0.39, 0.29) is 16.8 Å². The Labute approximate surface area is 81.0 Å². The third-order valence-electron chi connectivity index (χ3n) is 1.72. The predicted octanol–water partition coefficient (Wildman–Crippen LogP) is 1.15. The zero-order valence-electron chi connectivity index (χ0n) is 6.61. The van der Waals surface area contributed by atoms with Crippen molar-refractivity contribution in [2.24, 2.45) is 7.05 Å². The van der Waals surface area contributed by atoms with Crippen LogP contribution in [0.25, 0.3) is 11.0 Å². The van der Waals surface area contributed by atoms with Gasteiger partial charge in [-0.3, -0.25) is 4.98 Å². The Bertz CT molecular complexity index is 358. The molecule has 2 aromatic rings. The van der Waals surface area contributed by atoms with Crippen LogP contribution in [0.3, 0.4) is 0 Å². The van der Waals surface area contributed by atoms with Crippen molar-refractivity contribution in [1.82, 2.24) is 14.5 Å². The summed E-state index contributed by atoms with van der Waals surface area (Å²) in [5.41, 5.74) is 1.91. The number of rotatable bonds is 0. The maximum Gasteiger partial charge on any atom is 0.115 e. The van der Waals surface area contributed by atoms with Crippen LogP contribution in [0.5, 0.6) is 0 Å². The van der Waals surface area contributed by atoms with E-state index < -0.39 is 0 Å². The molecule has 3 nitrogen and oxygen atoms in total. The summed E-state index contributed by atoms with van der Waals surface area (Å²) in [6.07, 6.45) is 5.27. The second-order valence-electron chi connectivity index (χ2n) is 2.53. The SMILES string of the molecule is [CH2-]c1cn(C)c2ncncc12.[Co]. The molecule has 2 heterocycles. The number of aromatic nitrogens is 3. The fourth-order valence-electron chi connectivity index (χ4n) is 1.20. The third-order valence-corrected chi connectivity index (χ3v) is 1.72. The van der Waals surface area contributed by atoms with Crippen LogP contribution >= 0.6 is 0 Å². The topological polar surface area (TPSA) is 30.7 Å². The first-order valence-electron chi connectivity index (χ1n) is 3.36. The Kier molecular flexibility index (Phi) is 2.39. The van der Waals surface area contributed by atoms with Gasteiger partial charge in [0.05, 0.1) is 5.65 Å². The quantitative estimate of drug-likeness (QED) is 0.604. The van der Waals surface area contributed by atoms with Crippen LogP contribution in [-0.4, -0.2) is 14.5 Å². The zero-order valence-corrected chi connectivity index (χ0v) is 7.66. The summed E-state index contributed by atoms with van der Waals surface area (Å²) in [5.74, 6) is 0. The second-order valence-corrected chi connectivity index (χ2v) is 2.53. The van der Waals surface area contributed by atoms with E-state index in [1.807, 2.05) is 17.8 Å². The molecular weight excluding hydrogens is 197 g/mol. The standard InChI is InChI=1S/C8H8N3.Co/c1-6-4-11(2)8-7(6)3-9-5-10-8;/h3-5H,1H2,2H3;/q-1;. The van der Waals surface area contributed by atoms with Crippen LogP contribution in [0, 0.1) is 6.92 Å². The molecule has 0 fully saturated rings. The van der Waals surface area contributed by atoms with Crippen molar-refractivity contribution in [1.29, 1.82) is 0 Å². The van der Waals surface area contributed by atoms with Crippen LogP contribution in [0.1, 0.15) is 5.56 Å². The molecule has 0 amide bonds. The maximum atomic E-state index is 4.11. The molecule has 0 unspecified atom stereocenters. The van der Waals surface area contributed by atoms with Crippen LogP contribution in [0.4, 0.5) is 0 Å². The van der Waals surface area contributed by atoms with Gasteiger partial charge in [-0.05, 0) is 13.2 Å². The van der Waals surface area contributed by atoms with Crippen LogP contribution in [-0.2, 0) is 23.8 Å². The molecule has 65 valence electrons. The Morgan fingerprint density at radius 3 is 2.92 bits per heavy atom. The van der Waals surface area contributed by atoms with Gasteiger partial charge in [0.2, 0.25) is 0 Å². The zero-order chi connectivity index (χ0) is 7.84. The van der Waals surface area contributed by atoms with Crippen molar-refractivity contribution in [3.63, 3.8) is 0 Å². The van der Waals surface area contributed by atoms with E-state index in [9.17, 15) is 0 Å². The first-order valence-corrected chi connectivity index (χ1v) is 3.36. The van der Waals surface area contributed by atoms with Crippen molar-refractivity contribution >= 4 is 11.0 Å². The molecule has 0 saturated heterocycles. The minimum absolute atomic E-state index is 0. The Morgan fingerprint density at radius 2 is 2.25 bits per heavy atom. The van der Waals surface area contributed by atoms with E-state index in [0.29, 0.717) is 0 Å². The summed E-state index contributed by atoms with van der Waals surface area (Å²) < 4.78 is 1.94. The number of hydrogen-bond donors (Lipinski definition) is 0. The monoisotopic (exact) mass is 205 g/mol. The molecule has 0 bridgehead atoms. The molecule has 2 aromatic heterocycles. The summed E-state index contributed by atoms with van der Waals surface area (Å²) in [7, 11) is 1.95. The van der Waals surface area contributed by atoms with Crippen molar-refractivity contribution in [2.45, 2.75) is 0 Å². The van der Waals surface area contributed by atoms with Gasteiger partial charge in [0, 0.05) is 16.8 Å². The van der Waals surface area contributed by atoms with Crippen molar-refractivity contribution in [3.05, 3.63) is 31.2 Å². The summed E-state index contributed by atoms with van der Waals surface area (Å²) in [6.45, 7) is 3.87. The molecular formula is C8H8CoN3-. The molecule has 0 N–H and O–H groups in total. The molecule has 2 rings (SSSR count). The molecule has 0 spiro atoms. The second kappa shape index (κ2) is 3.16. The van der Waals surface area contributed by atoms with Gasteiger partial charge in [-0.25, -0.2) is 4.98 Å². The molecule has 0 atom stereocenters. The van der Waals surface area contributed by atoms with Gasteiger partial charge in [0.1, 0.15) is 6.33 Å². The van der Waals surface area contributed by atoms with E-state index in [0.717, 1.165) is 16.6 Å². The van der Waals surface area contributed by atoms with Gasteiger partial charge in [-0.1, -0.05) is 11.6 Å². The van der Waals surface area contributed by atoms with Crippen molar-refractivity contribution in [2.75, 3.05) is 0 Å². The van der Waals surface area contributed by atoms with E-state index >= 15 is 0 Å². The minimum Gasteiger partial charge on any atom is -0.398 e. The van der Waals surface area contributed by atoms with Gasteiger partial charge in [0.15, 0.2) is 0 Å². The number of aryl methyl sites for hydroxylation is 1. The fraction of sp³-hybridized carbons (Fsp3) is 0.125. The van der Waals surface area contributed by atoms with Gasteiger partial charge >= 0.3 is 0 Å². The average molecular weight is 205 g/mol. The maximum absolute atomic E-state index is 4.11. The van der Waals surface area contributed by atoms with Gasteiger partial charge in [-0.2, -0.15) is 12.5 Å². The average Bonchev–Trinajstić information content (AvgIpc) is 2.30. The van der Waals surface area contributed by atoms with E-state index in [2.05, 4.69) is 16.9 Å². The first kappa shape index (κ1) is 9.09. The Hall–Kier alpha value is -1.00. The predicted molar refractivity (Wildman–Crippen MR) is 43.0 cm³/mol. The van der Waals surface area contributed by atoms with Gasteiger partial charge < -0.3 is 4.57 Å². The number of nitrogens with zero attached hydrogens (tertiary/aromatic N) is 3. The van der Waals surface area contributed by atoms with Crippen LogP contribution in [0.2, 0.25) is 0 Å². The minimum atomic E-state index is 0. The molecule has 0 aliphatic carbocycles. The summed E-state index contributed by atoms with van der Waals surface area (Å²) in [4.78, 5) is 8.04. The molecule has 4 heteroatoms. The van der Waals surface area contributed by atoms with Gasteiger partial charge in [-0.15, -0.1) is 0 Å². The fourth-order valence-corrected chi connectivity index (χ4v) is 1.20. The molecule has 1 radical (unpaired) electrons. The van der Waals surface area contributed by atoms with Gasteiger partial charge in [0.25, 0.3) is 0 Å². The largest absolute Gasteiger partial charge is 0.398 e. The normalized spacial score (nSPS) is 9.75. The summed E-state index contributed by atoms with van der Waals surface area (Å²) in [6, 6.07) is 0. The number of fused-ring (bicyclic) bond motifs is 1. The van der Waals surface area contributed by atoms with E-state index in [1.165, 1.54) is 0 Å². The number of hydrogen-bond acceptors (Lipinski definition) is 2. The third kappa shape index (κ3) is 1.19. The van der Waals surface area contributed by atoms with Crippen molar-refractivity contribution < 1.29 is 16.8 Å². The first-order chi connectivity index (χ1) is 5.29. The molecule has 0 aliphatic heterocycles. The molecule has 0 aliphatic rings. The Balaban J connectivity index is 0.000000720. The van der Waals surface area contributed by atoms with E-state index in [1.54, 1.807) is 12.5 Å².